The number of ether oxygens (including phenoxy) is 1. The quantitative estimate of drug-likeness (QED) is 0.668. The van der Waals surface area contributed by atoms with Crippen molar-refractivity contribution < 1.29 is 14.5 Å². The number of nitrogens with one attached hydrogen (secondary N) is 1. The van der Waals surface area contributed by atoms with E-state index in [1.54, 1.807) is 24.3 Å². The van der Waals surface area contributed by atoms with Gasteiger partial charge < -0.3 is 10.1 Å². The molecule has 0 saturated carbocycles. The Labute approximate surface area is 137 Å². The van der Waals surface area contributed by atoms with Crippen LogP contribution >= 0.6 is 0 Å². The molecule has 0 spiro atoms. The summed E-state index contributed by atoms with van der Waals surface area (Å²) in [6, 6.07) is 8.01. The van der Waals surface area contributed by atoms with Crippen molar-refractivity contribution in [2.24, 2.45) is 0 Å². The van der Waals surface area contributed by atoms with Gasteiger partial charge in [-0.25, -0.2) is 0 Å². The summed E-state index contributed by atoms with van der Waals surface area (Å²) in [5, 5.41) is 13.7. The van der Waals surface area contributed by atoms with Crippen molar-refractivity contribution in [3.63, 3.8) is 0 Å². The zero-order valence-electron chi connectivity index (χ0n) is 13.5. The van der Waals surface area contributed by atoms with E-state index in [4.69, 9.17) is 4.74 Å². The normalized spacial score (nSPS) is 11.6. The fourth-order valence-electron chi connectivity index (χ4n) is 2.35. The molecule has 24 heavy (non-hydrogen) atoms. The van der Waals surface area contributed by atoms with E-state index >= 15 is 0 Å². The standard InChI is InChI=1S/C16H17N3O5/c1-10-14(19(22)23)8-9-15(20)18(10)11(2)16(21)17-12-4-6-13(24-3)7-5-12/h4-9,11H,1-3H3,(H,17,21). The SMILES string of the molecule is COc1ccc(NC(=O)C(C)n2c(C)c([N+](=O)[O-])ccc2=O)cc1. The van der Waals surface area contributed by atoms with Crippen molar-refractivity contribution in [1.82, 2.24) is 4.57 Å². The van der Waals surface area contributed by atoms with Crippen molar-refractivity contribution in [1.29, 1.82) is 0 Å². The van der Waals surface area contributed by atoms with Crippen molar-refractivity contribution in [2.75, 3.05) is 12.4 Å². The van der Waals surface area contributed by atoms with Gasteiger partial charge in [0.2, 0.25) is 5.91 Å². The molecule has 0 saturated heterocycles. The summed E-state index contributed by atoms with van der Waals surface area (Å²) in [6.45, 7) is 2.95. The average Bonchev–Trinajstić information content (AvgIpc) is 2.55. The van der Waals surface area contributed by atoms with Gasteiger partial charge in [0.05, 0.1) is 17.7 Å². The molecule has 1 heterocycles. The second-order valence-corrected chi connectivity index (χ2v) is 5.16. The van der Waals surface area contributed by atoms with Gasteiger partial charge in [0.25, 0.3) is 11.2 Å². The van der Waals surface area contributed by atoms with Gasteiger partial charge in [0.1, 0.15) is 11.8 Å². The second-order valence-electron chi connectivity index (χ2n) is 5.16. The predicted octanol–water partition coefficient (Wildman–Crippen LogP) is 2.27. The average molecular weight is 331 g/mol. The lowest BCUT2D eigenvalue weighted by Crippen LogP contribution is -2.33. The van der Waals surface area contributed by atoms with Gasteiger partial charge in [-0.15, -0.1) is 0 Å². The van der Waals surface area contributed by atoms with E-state index in [-0.39, 0.29) is 11.4 Å². The van der Waals surface area contributed by atoms with E-state index in [0.29, 0.717) is 11.4 Å². The number of hydrogen-bond acceptors (Lipinski definition) is 5. The highest BCUT2D eigenvalue weighted by Gasteiger charge is 2.23. The van der Waals surface area contributed by atoms with Gasteiger partial charge in [-0.3, -0.25) is 24.3 Å². The Hall–Kier alpha value is -3.16. The topological polar surface area (TPSA) is 103 Å². The number of carbonyl (C=O) groups is 1. The number of nitro groups is 1. The lowest BCUT2D eigenvalue weighted by atomic mass is 10.2. The molecular formula is C16H17N3O5. The first-order chi connectivity index (χ1) is 11.3. The van der Waals surface area contributed by atoms with Crippen LogP contribution in [-0.4, -0.2) is 22.5 Å². The summed E-state index contributed by atoms with van der Waals surface area (Å²) in [7, 11) is 1.53. The Bertz CT molecular complexity index is 827. The first-order valence-corrected chi connectivity index (χ1v) is 7.16. The number of anilines is 1. The van der Waals surface area contributed by atoms with E-state index in [2.05, 4.69) is 5.32 Å². The molecule has 8 nitrogen and oxygen atoms in total. The van der Waals surface area contributed by atoms with Crippen LogP contribution in [0, 0.1) is 17.0 Å². The number of methoxy groups -OCH3 is 1. The Kier molecular flexibility index (Phi) is 4.98. The molecule has 126 valence electrons. The predicted molar refractivity (Wildman–Crippen MR) is 88.4 cm³/mol. The highest BCUT2D eigenvalue weighted by molar-refractivity contribution is 5.93. The Morgan fingerprint density at radius 3 is 2.42 bits per heavy atom. The van der Waals surface area contributed by atoms with Crippen LogP contribution in [0.2, 0.25) is 0 Å². The molecule has 1 amide bonds. The van der Waals surface area contributed by atoms with Crippen molar-refractivity contribution >= 4 is 17.3 Å². The first-order valence-electron chi connectivity index (χ1n) is 7.16. The van der Waals surface area contributed by atoms with Crippen molar-refractivity contribution in [3.05, 3.63) is 62.6 Å². The monoisotopic (exact) mass is 331 g/mol. The number of amides is 1. The summed E-state index contributed by atoms with van der Waals surface area (Å²) in [6.07, 6.45) is 0. The molecule has 2 rings (SSSR count). The van der Waals surface area contributed by atoms with Crippen LogP contribution in [0.5, 0.6) is 5.75 Å². The first kappa shape index (κ1) is 17.2. The summed E-state index contributed by atoms with van der Waals surface area (Å²) in [5.74, 6) is 0.192. The molecule has 2 aromatic rings. The minimum atomic E-state index is -0.903. The number of aromatic nitrogens is 1. The number of benzene rings is 1. The van der Waals surface area contributed by atoms with E-state index in [1.807, 2.05) is 0 Å². The zero-order valence-corrected chi connectivity index (χ0v) is 13.5. The van der Waals surface area contributed by atoms with Crippen LogP contribution < -0.4 is 15.6 Å². The number of hydrogen-bond donors (Lipinski definition) is 1. The maximum Gasteiger partial charge on any atom is 0.288 e. The minimum absolute atomic E-state index is 0.130. The molecule has 0 bridgehead atoms. The lowest BCUT2D eigenvalue weighted by molar-refractivity contribution is -0.386. The minimum Gasteiger partial charge on any atom is -0.497 e. The highest BCUT2D eigenvalue weighted by atomic mass is 16.6. The molecule has 0 aliphatic carbocycles. The third-order valence-electron chi connectivity index (χ3n) is 3.67. The van der Waals surface area contributed by atoms with Crippen molar-refractivity contribution in [2.45, 2.75) is 19.9 Å². The maximum atomic E-state index is 12.4. The van der Waals surface area contributed by atoms with E-state index < -0.39 is 22.4 Å². The molecule has 1 atom stereocenters. The van der Waals surface area contributed by atoms with Gasteiger partial charge in [-0.1, -0.05) is 0 Å². The zero-order chi connectivity index (χ0) is 17.9. The maximum absolute atomic E-state index is 12.4. The molecule has 1 N–H and O–H groups in total. The third kappa shape index (κ3) is 3.43. The molecule has 1 aromatic carbocycles. The lowest BCUT2D eigenvalue weighted by Gasteiger charge is -2.17. The Morgan fingerprint density at radius 1 is 1.25 bits per heavy atom. The van der Waals surface area contributed by atoms with Gasteiger partial charge in [-0.05, 0) is 38.1 Å². The summed E-state index contributed by atoms with van der Waals surface area (Å²) < 4.78 is 6.14. The van der Waals surface area contributed by atoms with Crippen LogP contribution in [0.1, 0.15) is 18.7 Å². The van der Waals surface area contributed by atoms with Gasteiger partial charge in [-0.2, -0.15) is 0 Å². The Morgan fingerprint density at radius 2 is 1.88 bits per heavy atom. The van der Waals surface area contributed by atoms with Gasteiger partial charge >= 0.3 is 0 Å². The molecule has 0 radical (unpaired) electrons. The summed E-state index contributed by atoms with van der Waals surface area (Å²) in [5.41, 5.74) is -0.0251. The fraction of sp³-hybridized carbons (Fsp3) is 0.250. The smallest absolute Gasteiger partial charge is 0.288 e. The highest BCUT2D eigenvalue weighted by Crippen LogP contribution is 2.20. The summed E-state index contributed by atoms with van der Waals surface area (Å²) in [4.78, 5) is 34.8. The molecular weight excluding hydrogens is 314 g/mol. The molecule has 1 unspecified atom stereocenters. The van der Waals surface area contributed by atoms with E-state index in [9.17, 15) is 19.7 Å². The van der Waals surface area contributed by atoms with Crippen LogP contribution in [0.25, 0.3) is 0 Å². The number of nitrogens with zero attached hydrogens (tertiary/aromatic N) is 2. The van der Waals surface area contributed by atoms with Crippen LogP contribution in [0.4, 0.5) is 11.4 Å². The molecule has 1 aromatic heterocycles. The van der Waals surface area contributed by atoms with Crippen LogP contribution in [0.3, 0.4) is 0 Å². The third-order valence-corrected chi connectivity index (χ3v) is 3.67. The molecule has 0 fully saturated rings. The molecule has 0 aliphatic rings. The van der Waals surface area contributed by atoms with Gasteiger partial charge in [0.15, 0.2) is 0 Å². The van der Waals surface area contributed by atoms with Crippen molar-refractivity contribution in [3.8, 4) is 5.75 Å². The van der Waals surface area contributed by atoms with Gasteiger partial charge in [0, 0.05) is 17.8 Å². The Balaban J connectivity index is 2.29. The molecule has 8 heteroatoms. The number of carbonyl (C=O) groups excluding carboxylic acids is 1. The number of rotatable bonds is 5. The van der Waals surface area contributed by atoms with Crippen LogP contribution in [-0.2, 0) is 4.79 Å². The largest absolute Gasteiger partial charge is 0.497 e. The van der Waals surface area contributed by atoms with E-state index in [1.165, 1.54) is 21.0 Å². The molecule has 0 aliphatic heterocycles. The van der Waals surface area contributed by atoms with Crippen LogP contribution in [0.15, 0.2) is 41.2 Å². The number of pyridine rings is 1. The fourth-order valence-corrected chi connectivity index (χ4v) is 2.35. The summed E-state index contributed by atoms with van der Waals surface area (Å²) >= 11 is 0. The van der Waals surface area contributed by atoms with E-state index in [0.717, 1.165) is 16.7 Å². The second kappa shape index (κ2) is 6.95.